The van der Waals surface area contributed by atoms with E-state index in [1.54, 1.807) is 11.8 Å². The zero-order valence-electron chi connectivity index (χ0n) is 7.95. The quantitative estimate of drug-likeness (QED) is 0.667. The van der Waals surface area contributed by atoms with Crippen LogP contribution in [0.15, 0.2) is 0 Å². The second kappa shape index (κ2) is 5.50. The number of carboxylic acids is 1. The molecule has 1 aliphatic rings. The number of unbranched alkanes of at least 4 members (excludes halogenated alkanes) is 2. The SMILES string of the molecule is CCCCCC1N[C@H](C(=O)O)CS1. The summed E-state index contributed by atoms with van der Waals surface area (Å²) in [6.07, 6.45) is 4.77. The molecule has 0 amide bonds. The lowest BCUT2D eigenvalue weighted by Gasteiger charge is -2.09. The third-order valence-electron chi connectivity index (χ3n) is 2.22. The lowest BCUT2D eigenvalue weighted by molar-refractivity contribution is -0.138. The largest absolute Gasteiger partial charge is 0.480 e. The van der Waals surface area contributed by atoms with Crippen LogP contribution in [0.3, 0.4) is 0 Å². The highest BCUT2D eigenvalue weighted by Crippen LogP contribution is 2.23. The summed E-state index contributed by atoms with van der Waals surface area (Å²) in [4.78, 5) is 10.6. The number of aliphatic carboxylic acids is 1. The van der Waals surface area contributed by atoms with Crippen molar-refractivity contribution in [1.29, 1.82) is 0 Å². The van der Waals surface area contributed by atoms with E-state index in [-0.39, 0.29) is 6.04 Å². The number of carbonyl (C=O) groups is 1. The molecule has 0 aromatic rings. The fraction of sp³-hybridized carbons (Fsp3) is 0.889. The molecular formula is C9H17NO2S. The van der Waals surface area contributed by atoms with E-state index >= 15 is 0 Å². The monoisotopic (exact) mass is 203 g/mol. The van der Waals surface area contributed by atoms with Gasteiger partial charge >= 0.3 is 5.97 Å². The molecule has 4 heteroatoms. The van der Waals surface area contributed by atoms with E-state index in [1.807, 2.05) is 0 Å². The summed E-state index contributed by atoms with van der Waals surface area (Å²) in [5, 5.41) is 12.2. The average Bonchev–Trinajstić information content (AvgIpc) is 2.53. The Kier molecular flexibility index (Phi) is 4.59. The van der Waals surface area contributed by atoms with Gasteiger partial charge in [-0.25, -0.2) is 0 Å². The predicted octanol–water partition coefficient (Wildman–Crippen LogP) is 1.68. The van der Waals surface area contributed by atoms with Gasteiger partial charge in [-0.3, -0.25) is 10.1 Å². The average molecular weight is 203 g/mol. The number of hydrogen-bond acceptors (Lipinski definition) is 3. The maximum absolute atomic E-state index is 10.6. The third-order valence-corrected chi connectivity index (χ3v) is 3.52. The Balaban J connectivity index is 2.14. The Labute approximate surface area is 83.3 Å². The molecule has 1 saturated heterocycles. The maximum Gasteiger partial charge on any atom is 0.321 e. The molecule has 1 fully saturated rings. The summed E-state index contributed by atoms with van der Waals surface area (Å²) >= 11 is 1.74. The van der Waals surface area contributed by atoms with Crippen molar-refractivity contribution in [2.24, 2.45) is 0 Å². The van der Waals surface area contributed by atoms with Crippen molar-refractivity contribution in [3.8, 4) is 0 Å². The van der Waals surface area contributed by atoms with Crippen LogP contribution < -0.4 is 5.32 Å². The Morgan fingerprint density at radius 2 is 2.38 bits per heavy atom. The van der Waals surface area contributed by atoms with E-state index in [4.69, 9.17) is 5.11 Å². The highest BCUT2D eigenvalue weighted by Gasteiger charge is 2.28. The molecular weight excluding hydrogens is 186 g/mol. The topological polar surface area (TPSA) is 49.3 Å². The van der Waals surface area contributed by atoms with Crippen LogP contribution in [0.5, 0.6) is 0 Å². The standard InChI is InChI=1S/C9H17NO2S/c1-2-3-4-5-8-10-7(6-13-8)9(11)12/h7-8,10H,2-6H2,1H3,(H,11,12)/t7-,8?/m0/s1. The van der Waals surface area contributed by atoms with Gasteiger partial charge in [0.15, 0.2) is 0 Å². The molecule has 1 aliphatic heterocycles. The predicted molar refractivity (Wildman–Crippen MR) is 54.9 cm³/mol. The molecule has 0 bridgehead atoms. The van der Waals surface area contributed by atoms with Gasteiger partial charge in [-0.1, -0.05) is 26.2 Å². The molecule has 2 atom stereocenters. The fourth-order valence-corrected chi connectivity index (χ4v) is 2.68. The first-order chi connectivity index (χ1) is 6.24. The van der Waals surface area contributed by atoms with Gasteiger partial charge in [-0.05, 0) is 6.42 Å². The normalized spacial score (nSPS) is 27.8. The number of thioether (sulfide) groups is 1. The minimum Gasteiger partial charge on any atom is -0.480 e. The van der Waals surface area contributed by atoms with E-state index in [1.165, 1.54) is 19.3 Å². The zero-order valence-corrected chi connectivity index (χ0v) is 8.77. The van der Waals surface area contributed by atoms with Gasteiger partial charge in [0.1, 0.15) is 6.04 Å². The van der Waals surface area contributed by atoms with Crippen molar-refractivity contribution in [3.63, 3.8) is 0 Å². The van der Waals surface area contributed by atoms with Crippen LogP contribution in [0.25, 0.3) is 0 Å². The fourth-order valence-electron chi connectivity index (χ4n) is 1.42. The second-order valence-corrected chi connectivity index (χ2v) is 4.61. The minimum atomic E-state index is -0.717. The lowest BCUT2D eigenvalue weighted by atomic mass is 10.2. The molecule has 0 radical (unpaired) electrons. The summed E-state index contributed by atoms with van der Waals surface area (Å²) in [7, 11) is 0. The van der Waals surface area contributed by atoms with E-state index in [9.17, 15) is 4.79 Å². The molecule has 2 N–H and O–H groups in total. The van der Waals surface area contributed by atoms with Crippen molar-refractivity contribution >= 4 is 17.7 Å². The summed E-state index contributed by atoms with van der Waals surface area (Å²) in [5.41, 5.74) is 0. The van der Waals surface area contributed by atoms with Crippen molar-refractivity contribution in [1.82, 2.24) is 5.32 Å². The molecule has 0 aromatic carbocycles. The van der Waals surface area contributed by atoms with Crippen molar-refractivity contribution in [3.05, 3.63) is 0 Å². The van der Waals surface area contributed by atoms with Gasteiger partial charge < -0.3 is 5.11 Å². The summed E-state index contributed by atoms with van der Waals surface area (Å²) < 4.78 is 0. The summed E-state index contributed by atoms with van der Waals surface area (Å²) in [5.74, 6) is -0.00273. The number of hydrogen-bond donors (Lipinski definition) is 2. The highest BCUT2D eigenvalue weighted by molar-refractivity contribution is 8.00. The molecule has 1 rings (SSSR count). The van der Waals surface area contributed by atoms with Gasteiger partial charge in [0.2, 0.25) is 0 Å². The van der Waals surface area contributed by atoms with E-state index < -0.39 is 5.97 Å². The van der Waals surface area contributed by atoms with Crippen LogP contribution in [0, 0.1) is 0 Å². The lowest BCUT2D eigenvalue weighted by Crippen LogP contribution is -2.36. The van der Waals surface area contributed by atoms with Crippen LogP contribution in [-0.2, 0) is 4.79 Å². The van der Waals surface area contributed by atoms with Gasteiger partial charge in [0.25, 0.3) is 0 Å². The van der Waals surface area contributed by atoms with Crippen molar-refractivity contribution in [2.45, 2.75) is 44.0 Å². The summed E-state index contributed by atoms with van der Waals surface area (Å²) in [6.45, 7) is 2.18. The first-order valence-electron chi connectivity index (χ1n) is 4.84. The molecule has 0 aliphatic carbocycles. The second-order valence-electron chi connectivity index (χ2n) is 3.38. The number of nitrogens with one attached hydrogen (secondary N) is 1. The van der Waals surface area contributed by atoms with Crippen LogP contribution in [0.1, 0.15) is 32.6 Å². The van der Waals surface area contributed by atoms with Gasteiger partial charge in [0, 0.05) is 5.75 Å². The van der Waals surface area contributed by atoms with E-state index in [0.717, 1.165) is 6.42 Å². The van der Waals surface area contributed by atoms with Crippen molar-refractivity contribution < 1.29 is 9.90 Å². The molecule has 0 saturated carbocycles. The third kappa shape index (κ3) is 3.56. The smallest absolute Gasteiger partial charge is 0.321 e. The molecule has 0 spiro atoms. The Hall–Kier alpha value is -0.220. The molecule has 76 valence electrons. The molecule has 13 heavy (non-hydrogen) atoms. The van der Waals surface area contributed by atoms with Crippen LogP contribution in [0.2, 0.25) is 0 Å². The van der Waals surface area contributed by atoms with Crippen molar-refractivity contribution in [2.75, 3.05) is 5.75 Å². The molecule has 1 unspecified atom stereocenters. The first-order valence-corrected chi connectivity index (χ1v) is 5.89. The van der Waals surface area contributed by atoms with Gasteiger partial charge in [-0.15, -0.1) is 11.8 Å². The van der Waals surface area contributed by atoms with Crippen LogP contribution in [0.4, 0.5) is 0 Å². The number of rotatable bonds is 5. The Morgan fingerprint density at radius 3 is 2.92 bits per heavy atom. The minimum absolute atomic E-state index is 0.323. The first kappa shape index (κ1) is 10.9. The zero-order chi connectivity index (χ0) is 9.68. The Morgan fingerprint density at radius 1 is 1.62 bits per heavy atom. The van der Waals surface area contributed by atoms with Gasteiger partial charge in [-0.2, -0.15) is 0 Å². The Bertz CT molecular complexity index is 175. The molecule has 1 heterocycles. The summed E-state index contributed by atoms with van der Waals surface area (Å²) in [6, 6.07) is -0.323. The van der Waals surface area contributed by atoms with Gasteiger partial charge in [0.05, 0.1) is 5.37 Å². The molecule has 0 aromatic heterocycles. The van der Waals surface area contributed by atoms with E-state index in [0.29, 0.717) is 11.1 Å². The molecule has 3 nitrogen and oxygen atoms in total. The highest BCUT2D eigenvalue weighted by atomic mass is 32.2. The van der Waals surface area contributed by atoms with Crippen LogP contribution >= 0.6 is 11.8 Å². The van der Waals surface area contributed by atoms with Crippen LogP contribution in [-0.4, -0.2) is 28.2 Å². The maximum atomic E-state index is 10.6. The van der Waals surface area contributed by atoms with E-state index in [2.05, 4.69) is 12.2 Å². The number of carboxylic acid groups (broad SMARTS) is 1.